The molecule has 1 unspecified atom stereocenters. The van der Waals surface area contributed by atoms with Crippen LogP contribution in [-0.2, 0) is 19.6 Å². The number of nitrogens with one attached hydrogen (secondary N) is 1. The molecule has 0 aliphatic carbocycles. The molecule has 0 fully saturated rings. The lowest BCUT2D eigenvalue weighted by molar-refractivity contribution is -0.140. The average Bonchev–Trinajstić information content (AvgIpc) is 2.41. The minimum atomic E-state index is -4.16. The second kappa shape index (κ2) is 7.51. The summed E-state index contributed by atoms with van der Waals surface area (Å²) in [5, 5.41) is 11.6. The van der Waals surface area contributed by atoms with E-state index in [1.807, 2.05) is 0 Å². The van der Waals surface area contributed by atoms with Crippen LogP contribution in [0.15, 0.2) is 23.1 Å². The molecule has 1 amide bonds. The van der Waals surface area contributed by atoms with Crippen molar-refractivity contribution in [3.05, 3.63) is 29.6 Å². The molecule has 0 radical (unpaired) electrons. The molecular formula is C14H19FN2O5S. The average molecular weight is 346 g/mol. The number of carbonyl (C=O) groups is 2. The third-order valence-electron chi connectivity index (χ3n) is 3.22. The number of sulfonamides is 1. The highest BCUT2D eigenvalue weighted by molar-refractivity contribution is 7.89. The van der Waals surface area contributed by atoms with Gasteiger partial charge in [0.2, 0.25) is 15.9 Å². The third-order valence-corrected chi connectivity index (χ3v) is 5.35. The minimum Gasteiger partial charge on any atom is -0.480 e. The molecule has 9 heteroatoms. The van der Waals surface area contributed by atoms with E-state index in [1.54, 1.807) is 0 Å². The zero-order valence-electron chi connectivity index (χ0n) is 13.0. The van der Waals surface area contributed by atoms with Crippen LogP contribution in [-0.4, -0.2) is 48.8 Å². The number of halogens is 1. The van der Waals surface area contributed by atoms with Gasteiger partial charge in [0.15, 0.2) is 0 Å². The van der Waals surface area contributed by atoms with Crippen LogP contribution >= 0.6 is 0 Å². The number of hydrogen-bond acceptors (Lipinski definition) is 4. The first kappa shape index (κ1) is 19.0. The molecule has 1 rings (SSSR count). The number of hydrogen-bond donors (Lipinski definition) is 2. The smallest absolute Gasteiger partial charge is 0.321 e. The molecule has 23 heavy (non-hydrogen) atoms. The molecule has 0 aliphatic rings. The van der Waals surface area contributed by atoms with Gasteiger partial charge < -0.3 is 10.4 Å². The van der Waals surface area contributed by atoms with Gasteiger partial charge in [0.25, 0.3) is 0 Å². The molecule has 0 spiro atoms. The Morgan fingerprint density at radius 1 is 1.39 bits per heavy atom. The summed E-state index contributed by atoms with van der Waals surface area (Å²) in [6, 6.07) is 1.82. The number of nitrogens with zero attached hydrogens (tertiary/aromatic N) is 1. The lowest BCUT2D eigenvalue weighted by Crippen LogP contribution is -2.46. The first-order chi connectivity index (χ1) is 10.6. The fourth-order valence-electron chi connectivity index (χ4n) is 2.02. The number of carboxylic acid groups (broad SMARTS) is 1. The fourth-order valence-corrected chi connectivity index (χ4v) is 3.81. The topological polar surface area (TPSA) is 104 Å². The summed E-state index contributed by atoms with van der Waals surface area (Å²) in [4.78, 5) is 21.9. The Kier molecular flexibility index (Phi) is 6.22. The van der Waals surface area contributed by atoms with Gasteiger partial charge in [0, 0.05) is 20.0 Å². The molecule has 0 aliphatic heterocycles. The summed E-state index contributed by atoms with van der Waals surface area (Å²) in [6.07, 6.45) is 0. The maximum atomic E-state index is 13.2. The van der Waals surface area contributed by atoms with Gasteiger partial charge in [-0.25, -0.2) is 12.8 Å². The maximum Gasteiger partial charge on any atom is 0.321 e. The number of aryl methyl sites for hydroxylation is 1. The molecule has 0 bridgehead atoms. The van der Waals surface area contributed by atoms with Gasteiger partial charge in [-0.15, -0.1) is 0 Å². The Labute approximate surface area is 134 Å². The molecule has 128 valence electrons. The molecule has 1 aromatic rings. The van der Waals surface area contributed by atoms with E-state index < -0.39 is 27.9 Å². The fraction of sp³-hybridized carbons (Fsp3) is 0.429. The highest BCUT2D eigenvalue weighted by Crippen LogP contribution is 2.22. The standard InChI is InChI=1S/C14H19FN2O5S/c1-9-8-12(15)4-5-13(9)23(21,22)17(10(2)14(19)20)7-6-16-11(3)18/h4-5,8,10H,6-7H2,1-3H3,(H,16,18)(H,19,20). The van der Waals surface area contributed by atoms with E-state index in [2.05, 4.69) is 5.32 Å². The van der Waals surface area contributed by atoms with Crippen molar-refractivity contribution < 1.29 is 27.5 Å². The van der Waals surface area contributed by atoms with E-state index in [0.29, 0.717) is 0 Å². The highest BCUT2D eigenvalue weighted by atomic mass is 32.2. The molecule has 7 nitrogen and oxygen atoms in total. The zero-order chi connectivity index (χ0) is 17.8. The normalized spacial score (nSPS) is 12.9. The summed E-state index contributed by atoms with van der Waals surface area (Å²) in [5.74, 6) is -2.27. The molecular weight excluding hydrogens is 327 g/mol. The van der Waals surface area contributed by atoms with Gasteiger partial charge in [-0.05, 0) is 37.6 Å². The van der Waals surface area contributed by atoms with Crippen molar-refractivity contribution in [2.45, 2.75) is 31.7 Å². The third kappa shape index (κ3) is 4.73. The summed E-state index contributed by atoms with van der Waals surface area (Å²) < 4.78 is 39.4. The van der Waals surface area contributed by atoms with Gasteiger partial charge in [0.05, 0.1) is 4.90 Å². The molecule has 0 aromatic heterocycles. The van der Waals surface area contributed by atoms with E-state index >= 15 is 0 Å². The van der Waals surface area contributed by atoms with Crippen LogP contribution in [0, 0.1) is 12.7 Å². The predicted molar refractivity (Wildman–Crippen MR) is 80.8 cm³/mol. The Morgan fingerprint density at radius 2 is 2.00 bits per heavy atom. The quantitative estimate of drug-likeness (QED) is 0.758. The zero-order valence-corrected chi connectivity index (χ0v) is 13.9. The molecule has 1 aromatic carbocycles. The maximum absolute atomic E-state index is 13.2. The van der Waals surface area contributed by atoms with Gasteiger partial charge in [0.1, 0.15) is 11.9 Å². The molecule has 0 heterocycles. The number of rotatable bonds is 7. The molecule has 2 N–H and O–H groups in total. The van der Waals surface area contributed by atoms with Crippen LogP contribution in [0.1, 0.15) is 19.4 Å². The van der Waals surface area contributed by atoms with Crippen molar-refractivity contribution in [3.8, 4) is 0 Å². The monoisotopic (exact) mass is 346 g/mol. The number of carboxylic acids is 1. The molecule has 0 saturated heterocycles. The van der Waals surface area contributed by atoms with Crippen molar-refractivity contribution in [2.75, 3.05) is 13.1 Å². The number of carbonyl (C=O) groups excluding carboxylic acids is 1. The van der Waals surface area contributed by atoms with E-state index in [4.69, 9.17) is 5.11 Å². The lowest BCUT2D eigenvalue weighted by atomic mass is 10.2. The van der Waals surface area contributed by atoms with Crippen LogP contribution in [0.3, 0.4) is 0 Å². The Hall–Kier alpha value is -2.00. The van der Waals surface area contributed by atoms with Crippen molar-refractivity contribution in [3.63, 3.8) is 0 Å². The Bertz CT molecular complexity index is 705. The SMILES string of the molecule is CC(=O)NCCN(C(C)C(=O)O)S(=O)(=O)c1ccc(F)cc1C. The van der Waals surface area contributed by atoms with E-state index in [-0.39, 0.29) is 29.5 Å². The van der Waals surface area contributed by atoms with E-state index in [1.165, 1.54) is 20.8 Å². The van der Waals surface area contributed by atoms with Crippen LogP contribution in [0.5, 0.6) is 0 Å². The lowest BCUT2D eigenvalue weighted by Gasteiger charge is -2.26. The summed E-state index contributed by atoms with van der Waals surface area (Å²) >= 11 is 0. The summed E-state index contributed by atoms with van der Waals surface area (Å²) in [6.45, 7) is 3.67. The summed E-state index contributed by atoms with van der Waals surface area (Å²) in [7, 11) is -4.16. The van der Waals surface area contributed by atoms with Crippen LogP contribution < -0.4 is 5.32 Å². The van der Waals surface area contributed by atoms with Crippen LogP contribution in [0.2, 0.25) is 0 Å². The molecule has 1 atom stereocenters. The van der Waals surface area contributed by atoms with Crippen LogP contribution in [0.4, 0.5) is 4.39 Å². The van der Waals surface area contributed by atoms with E-state index in [0.717, 1.165) is 22.5 Å². The number of aliphatic carboxylic acids is 1. The van der Waals surface area contributed by atoms with Gasteiger partial charge in [-0.3, -0.25) is 9.59 Å². The first-order valence-corrected chi connectivity index (χ1v) is 8.26. The summed E-state index contributed by atoms with van der Waals surface area (Å²) in [5.41, 5.74) is 0.173. The van der Waals surface area contributed by atoms with Crippen molar-refractivity contribution in [1.82, 2.24) is 9.62 Å². The van der Waals surface area contributed by atoms with Gasteiger partial charge >= 0.3 is 5.97 Å². The second-order valence-electron chi connectivity index (χ2n) is 5.02. The van der Waals surface area contributed by atoms with Gasteiger partial charge in [-0.2, -0.15) is 4.31 Å². The Morgan fingerprint density at radius 3 is 2.48 bits per heavy atom. The van der Waals surface area contributed by atoms with Gasteiger partial charge in [-0.1, -0.05) is 0 Å². The Balaban J connectivity index is 3.21. The van der Waals surface area contributed by atoms with Crippen molar-refractivity contribution in [2.24, 2.45) is 0 Å². The number of benzene rings is 1. The molecule has 0 saturated carbocycles. The van der Waals surface area contributed by atoms with Crippen LogP contribution in [0.25, 0.3) is 0 Å². The van der Waals surface area contributed by atoms with Crippen molar-refractivity contribution in [1.29, 1.82) is 0 Å². The predicted octanol–water partition coefficient (Wildman–Crippen LogP) is 0.734. The van der Waals surface area contributed by atoms with E-state index in [9.17, 15) is 22.4 Å². The highest BCUT2D eigenvalue weighted by Gasteiger charge is 2.33. The van der Waals surface area contributed by atoms with Crippen molar-refractivity contribution >= 4 is 21.9 Å². The number of amides is 1. The second-order valence-corrected chi connectivity index (χ2v) is 6.88. The minimum absolute atomic E-state index is 0.0353. The largest absolute Gasteiger partial charge is 0.480 e. The first-order valence-electron chi connectivity index (χ1n) is 6.82.